The maximum Gasteiger partial charge on any atom is 0.0737 e. The Labute approximate surface area is 361 Å². The summed E-state index contributed by atoms with van der Waals surface area (Å²) < 4.78 is 0. The number of rotatable bonds is 2. The van der Waals surface area contributed by atoms with Crippen molar-refractivity contribution in [2.45, 2.75) is 24.7 Å². The lowest BCUT2D eigenvalue weighted by Gasteiger charge is -2.32. The Kier molecular flexibility index (Phi) is 6.65. The summed E-state index contributed by atoms with van der Waals surface area (Å²) in [5.74, 6) is 0. The van der Waals surface area contributed by atoms with Gasteiger partial charge in [-0.3, -0.25) is 0 Å². The molecule has 0 unspecified atom stereocenters. The van der Waals surface area contributed by atoms with Crippen LogP contribution in [0.3, 0.4) is 0 Å². The minimum Gasteiger partial charge on any atom is -0.0619 e. The summed E-state index contributed by atoms with van der Waals surface area (Å²) in [6.07, 6.45) is 0. The zero-order valence-electron chi connectivity index (χ0n) is 34.6. The molecule has 0 atom stereocenters. The zero-order chi connectivity index (χ0) is 40.9. The molecule has 0 saturated heterocycles. The fourth-order valence-electron chi connectivity index (χ4n) is 12.5. The van der Waals surface area contributed by atoms with Gasteiger partial charge in [-0.15, -0.1) is 0 Å². The van der Waals surface area contributed by atoms with Crippen LogP contribution in [0.25, 0.3) is 98.7 Å². The second-order valence-electron chi connectivity index (χ2n) is 18.2. The minimum absolute atomic E-state index is 0.0749. The van der Waals surface area contributed by atoms with Crippen molar-refractivity contribution in [2.24, 2.45) is 0 Å². The number of hydrogen-bond donors (Lipinski definition) is 0. The monoisotopic (exact) mass is 784 g/mol. The van der Waals surface area contributed by atoms with Gasteiger partial charge < -0.3 is 0 Å². The van der Waals surface area contributed by atoms with E-state index in [1.165, 1.54) is 132 Å². The molecule has 3 aliphatic carbocycles. The predicted octanol–water partition coefficient (Wildman–Crippen LogP) is 16.3. The Morgan fingerprint density at radius 3 is 1.27 bits per heavy atom. The molecule has 0 heteroatoms. The van der Waals surface area contributed by atoms with Crippen LogP contribution >= 0.6 is 0 Å². The standard InChI is InChI=1S/C62H40/c1-61(2)53-24-12-9-17-43(53)46-32-30-40(36-56(46)61)58-49-22-7-5-20-47(49)57(48-21-6-8-23-50(48)58)39-29-31-42-38(35-39)28-34-52-51-33-27-37-15-3-4-16-41(37)59(51)62(60(42)52)54-25-13-10-18-44(54)45-19-11-14-26-55(45)62/h3-36H,1-2H3. The lowest BCUT2D eigenvalue weighted by atomic mass is 9.68. The maximum absolute atomic E-state index is 2.48. The van der Waals surface area contributed by atoms with Gasteiger partial charge in [-0.2, -0.15) is 0 Å². The Bertz CT molecular complexity index is 3680. The van der Waals surface area contributed by atoms with E-state index < -0.39 is 5.41 Å². The SMILES string of the molecule is CC1(C)c2ccccc2-c2ccc(-c3c4ccccc4c(-c4ccc5c6c(ccc5c4)-c4ccc5ccccc5c4C64c5ccccc5-c5ccccc54)c4ccccc34)cc21. The lowest BCUT2D eigenvalue weighted by Crippen LogP contribution is -2.26. The van der Waals surface area contributed by atoms with E-state index in [2.05, 4.69) is 220 Å². The Hall–Kier alpha value is -7.54. The summed E-state index contributed by atoms with van der Waals surface area (Å²) in [6, 6.07) is 78.5. The fraction of sp³-hybridized carbons (Fsp3) is 0.0645. The van der Waals surface area contributed by atoms with Gasteiger partial charge in [0.15, 0.2) is 0 Å². The Morgan fingerprint density at radius 1 is 0.274 bits per heavy atom. The van der Waals surface area contributed by atoms with Crippen molar-refractivity contribution in [3.8, 4) is 55.6 Å². The smallest absolute Gasteiger partial charge is 0.0619 e. The minimum atomic E-state index is -0.452. The van der Waals surface area contributed by atoms with E-state index in [9.17, 15) is 0 Å². The molecule has 11 aromatic rings. The second kappa shape index (κ2) is 12.1. The van der Waals surface area contributed by atoms with E-state index in [1.807, 2.05) is 0 Å². The average molecular weight is 785 g/mol. The fourth-order valence-corrected chi connectivity index (χ4v) is 12.5. The van der Waals surface area contributed by atoms with Crippen molar-refractivity contribution in [2.75, 3.05) is 0 Å². The van der Waals surface area contributed by atoms with Gasteiger partial charge >= 0.3 is 0 Å². The lowest BCUT2D eigenvalue weighted by molar-refractivity contribution is 0.660. The Balaban J connectivity index is 1.02. The van der Waals surface area contributed by atoms with E-state index in [-0.39, 0.29) is 5.41 Å². The van der Waals surface area contributed by atoms with E-state index in [4.69, 9.17) is 0 Å². The van der Waals surface area contributed by atoms with E-state index in [0.717, 1.165) is 0 Å². The molecule has 0 nitrogen and oxygen atoms in total. The van der Waals surface area contributed by atoms with Gasteiger partial charge in [0.25, 0.3) is 0 Å². The third kappa shape index (κ3) is 4.17. The largest absolute Gasteiger partial charge is 0.0737 e. The average Bonchev–Trinajstić information content (AvgIpc) is 3.89. The van der Waals surface area contributed by atoms with Crippen molar-refractivity contribution in [3.63, 3.8) is 0 Å². The van der Waals surface area contributed by atoms with Gasteiger partial charge in [-0.05, 0) is 144 Å². The van der Waals surface area contributed by atoms with Crippen LogP contribution in [-0.4, -0.2) is 0 Å². The highest BCUT2D eigenvalue weighted by Crippen LogP contribution is 2.65. The molecule has 11 aromatic carbocycles. The van der Waals surface area contributed by atoms with Crippen molar-refractivity contribution >= 4 is 43.1 Å². The van der Waals surface area contributed by atoms with Crippen LogP contribution in [0.4, 0.5) is 0 Å². The molecule has 0 saturated carbocycles. The number of benzene rings is 11. The highest BCUT2D eigenvalue weighted by Gasteiger charge is 2.53. The predicted molar refractivity (Wildman–Crippen MR) is 261 cm³/mol. The topological polar surface area (TPSA) is 0 Å². The van der Waals surface area contributed by atoms with E-state index >= 15 is 0 Å². The molecule has 3 aliphatic rings. The van der Waals surface area contributed by atoms with Gasteiger partial charge in [0.05, 0.1) is 5.41 Å². The molecular weight excluding hydrogens is 745 g/mol. The second-order valence-corrected chi connectivity index (χ2v) is 18.2. The van der Waals surface area contributed by atoms with Gasteiger partial charge in [-0.25, -0.2) is 0 Å². The van der Waals surface area contributed by atoms with E-state index in [1.54, 1.807) is 0 Å². The summed E-state index contributed by atoms with van der Waals surface area (Å²) in [4.78, 5) is 0. The molecule has 0 bridgehead atoms. The van der Waals surface area contributed by atoms with Crippen molar-refractivity contribution in [1.82, 2.24) is 0 Å². The van der Waals surface area contributed by atoms with Crippen LogP contribution < -0.4 is 0 Å². The van der Waals surface area contributed by atoms with Gasteiger partial charge in [0.2, 0.25) is 0 Å². The first-order chi connectivity index (χ1) is 30.5. The van der Waals surface area contributed by atoms with Crippen molar-refractivity contribution < 1.29 is 0 Å². The highest BCUT2D eigenvalue weighted by molar-refractivity contribution is 6.22. The molecule has 0 N–H and O–H groups in total. The quantitative estimate of drug-likeness (QED) is 0.153. The first-order valence-electron chi connectivity index (χ1n) is 22.0. The van der Waals surface area contributed by atoms with Crippen molar-refractivity contribution in [1.29, 1.82) is 0 Å². The molecule has 0 amide bonds. The Morgan fingerprint density at radius 2 is 0.677 bits per heavy atom. The van der Waals surface area contributed by atoms with Crippen LogP contribution in [0.2, 0.25) is 0 Å². The van der Waals surface area contributed by atoms with Crippen LogP contribution in [-0.2, 0) is 10.8 Å². The first kappa shape index (κ1) is 34.2. The van der Waals surface area contributed by atoms with Gasteiger partial charge in [0, 0.05) is 5.41 Å². The molecule has 0 aliphatic heterocycles. The summed E-state index contributed by atoms with van der Waals surface area (Å²) in [5.41, 5.74) is 21.0. The van der Waals surface area contributed by atoms with Crippen LogP contribution in [0.1, 0.15) is 47.2 Å². The third-order valence-corrected chi connectivity index (χ3v) is 15.0. The zero-order valence-corrected chi connectivity index (χ0v) is 34.6. The normalized spacial score (nSPS) is 14.5. The summed E-state index contributed by atoms with van der Waals surface area (Å²) in [7, 11) is 0. The molecule has 1 spiro atoms. The van der Waals surface area contributed by atoms with E-state index in [0.29, 0.717) is 0 Å². The van der Waals surface area contributed by atoms with Gasteiger partial charge in [0.1, 0.15) is 0 Å². The third-order valence-electron chi connectivity index (χ3n) is 15.0. The molecular formula is C62H40. The van der Waals surface area contributed by atoms with Crippen LogP contribution in [0, 0.1) is 0 Å². The van der Waals surface area contributed by atoms with Crippen LogP contribution in [0.5, 0.6) is 0 Å². The molecule has 14 rings (SSSR count). The molecule has 288 valence electrons. The summed E-state index contributed by atoms with van der Waals surface area (Å²) in [6.45, 7) is 4.76. The molecule has 0 aromatic heterocycles. The maximum atomic E-state index is 2.48. The first-order valence-corrected chi connectivity index (χ1v) is 22.0. The number of fused-ring (bicyclic) bond motifs is 19. The summed E-state index contributed by atoms with van der Waals surface area (Å²) in [5, 5.41) is 10.3. The molecule has 0 radical (unpaired) electrons. The van der Waals surface area contributed by atoms with Crippen LogP contribution in [0.15, 0.2) is 206 Å². The molecule has 62 heavy (non-hydrogen) atoms. The molecule has 0 fully saturated rings. The van der Waals surface area contributed by atoms with Gasteiger partial charge in [-0.1, -0.05) is 208 Å². The highest BCUT2D eigenvalue weighted by atomic mass is 14.5. The number of hydrogen-bond acceptors (Lipinski definition) is 0. The summed E-state index contributed by atoms with van der Waals surface area (Å²) >= 11 is 0. The molecule has 0 heterocycles. The van der Waals surface area contributed by atoms with Crippen molar-refractivity contribution in [3.05, 3.63) is 240 Å².